The average molecular weight is 648 g/mol. The molecule has 236 valence electrons. The molecule has 2 amide bonds. The summed E-state index contributed by atoms with van der Waals surface area (Å²) in [5.74, 6) is -0.311. The number of halogens is 1. The average Bonchev–Trinajstić information content (AvgIpc) is 3.06. The molecule has 4 aromatic rings. The van der Waals surface area contributed by atoms with Gasteiger partial charge in [-0.2, -0.15) is 0 Å². The Labute approximate surface area is 270 Å². The lowest BCUT2D eigenvalue weighted by Gasteiger charge is -2.34. The van der Waals surface area contributed by atoms with Gasteiger partial charge in [-0.25, -0.2) is 8.42 Å². The molecule has 0 spiro atoms. The predicted octanol–water partition coefficient (Wildman–Crippen LogP) is 6.10. The number of carbonyl (C=O) groups excluding carboxylic acids is 2. The first-order valence-corrected chi connectivity index (χ1v) is 16.7. The second kappa shape index (κ2) is 16.1. The summed E-state index contributed by atoms with van der Waals surface area (Å²) < 4.78 is 34.8. The van der Waals surface area contributed by atoms with Gasteiger partial charge in [0, 0.05) is 24.5 Å². The van der Waals surface area contributed by atoms with E-state index in [0.29, 0.717) is 29.6 Å². The number of ether oxygens (including phenoxy) is 1. The highest BCUT2D eigenvalue weighted by molar-refractivity contribution is 7.92. The molecule has 0 saturated carbocycles. The number of para-hydroxylation sites is 1. The summed E-state index contributed by atoms with van der Waals surface area (Å²) in [5.41, 5.74) is 1.93. The molecule has 1 atom stereocenters. The Morgan fingerprint density at radius 3 is 2.04 bits per heavy atom. The van der Waals surface area contributed by atoms with Crippen LogP contribution < -0.4 is 14.4 Å². The normalized spacial score (nSPS) is 11.8. The van der Waals surface area contributed by atoms with Gasteiger partial charge in [0.05, 0.1) is 17.2 Å². The quantitative estimate of drug-likeness (QED) is 0.168. The smallest absolute Gasteiger partial charge is 0.264 e. The molecule has 0 aliphatic carbocycles. The van der Waals surface area contributed by atoms with E-state index in [1.54, 1.807) is 66.7 Å². The fraction of sp³-hybridized carbons (Fsp3) is 0.257. The summed E-state index contributed by atoms with van der Waals surface area (Å²) in [6, 6.07) is 30.1. The molecule has 0 radical (unpaired) electrons. The minimum Gasteiger partial charge on any atom is -0.494 e. The lowest BCUT2D eigenvalue weighted by Crippen LogP contribution is -2.53. The molecule has 1 N–H and O–H groups in total. The van der Waals surface area contributed by atoms with Crippen molar-refractivity contribution in [3.05, 3.63) is 125 Å². The minimum atomic E-state index is -4.20. The van der Waals surface area contributed by atoms with E-state index in [2.05, 4.69) is 5.32 Å². The number of hydrogen-bond acceptors (Lipinski definition) is 5. The van der Waals surface area contributed by atoms with Crippen molar-refractivity contribution in [1.29, 1.82) is 0 Å². The van der Waals surface area contributed by atoms with Gasteiger partial charge in [-0.15, -0.1) is 0 Å². The number of sulfonamides is 1. The van der Waals surface area contributed by atoms with Gasteiger partial charge in [0.25, 0.3) is 10.0 Å². The summed E-state index contributed by atoms with van der Waals surface area (Å²) in [6.07, 6.45) is 0.962. The Morgan fingerprint density at radius 1 is 0.822 bits per heavy atom. The summed E-state index contributed by atoms with van der Waals surface area (Å²) in [7, 11) is -4.20. The molecule has 0 heterocycles. The van der Waals surface area contributed by atoms with Crippen LogP contribution in [0.4, 0.5) is 5.69 Å². The molecule has 8 nitrogen and oxygen atoms in total. The first-order chi connectivity index (χ1) is 21.7. The van der Waals surface area contributed by atoms with Crippen LogP contribution in [0.3, 0.4) is 0 Å². The molecule has 0 aromatic heterocycles. The maximum Gasteiger partial charge on any atom is 0.264 e. The van der Waals surface area contributed by atoms with Crippen molar-refractivity contribution in [3.63, 3.8) is 0 Å². The number of anilines is 1. The molecular weight excluding hydrogens is 610 g/mol. The fourth-order valence-electron chi connectivity index (χ4n) is 4.83. The van der Waals surface area contributed by atoms with Crippen LogP contribution in [0.25, 0.3) is 0 Å². The Balaban J connectivity index is 1.76. The van der Waals surface area contributed by atoms with Crippen molar-refractivity contribution in [3.8, 4) is 5.75 Å². The first kappa shape index (κ1) is 33.6. The number of carbonyl (C=O) groups is 2. The van der Waals surface area contributed by atoms with Crippen molar-refractivity contribution >= 4 is 39.1 Å². The highest BCUT2D eigenvalue weighted by Gasteiger charge is 2.34. The molecule has 45 heavy (non-hydrogen) atoms. The van der Waals surface area contributed by atoms with E-state index in [9.17, 15) is 18.0 Å². The number of amides is 2. The number of nitrogens with zero attached hydrogens (tertiary/aromatic N) is 2. The molecule has 4 rings (SSSR count). The van der Waals surface area contributed by atoms with E-state index >= 15 is 0 Å². The maximum absolute atomic E-state index is 14.4. The fourth-order valence-corrected chi connectivity index (χ4v) is 6.37. The standard InChI is InChI=1S/C35H38ClN3O5S/c1-3-23-37-35(41)33(24-27-11-7-5-8-12-27)38(25-28-15-17-29(36)18-16-28)34(40)26-39(30-13-9-6-10-14-30)45(42,43)32-21-19-31(20-22-32)44-4-2/h5-22,33H,3-4,23-26H2,1-2H3,(H,37,41)/t33-/m0/s1. The van der Waals surface area contributed by atoms with E-state index in [1.807, 2.05) is 44.2 Å². The van der Waals surface area contributed by atoms with Crippen molar-refractivity contribution < 1.29 is 22.7 Å². The van der Waals surface area contributed by atoms with E-state index < -0.39 is 28.5 Å². The first-order valence-electron chi connectivity index (χ1n) is 14.9. The third kappa shape index (κ3) is 9.09. The van der Waals surface area contributed by atoms with Crippen LogP contribution in [0.5, 0.6) is 5.75 Å². The van der Waals surface area contributed by atoms with Crippen molar-refractivity contribution in [2.24, 2.45) is 0 Å². The van der Waals surface area contributed by atoms with E-state index in [-0.39, 0.29) is 23.8 Å². The Morgan fingerprint density at radius 2 is 1.44 bits per heavy atom. The van der Waals surface area contributed by atoms with Gasteiger partial charge in [-0.05, 0) is 73.0 Å². The van der Waals surface area contributed by atoms with Gasteiger partial charge in [0.2, 0.25) is 11.8 Å². The largest absolute Gasteiger partial charge is 0.494 e. The second-order valence-electron chi connectivity index (χ2n) is 10.4. The zero-order chi connectivity index (χ0) is 32.2. The molecule has 0 unspecified atom stereocenters. The van der Waals surface area contributed by atoms with Crippen molar-refractivity contribution in [2.45, 2.75) is 44.2 Å². The molecule has 10 heteroatoms. The number of hydrogen-bond donors (Lipinski definition) is 1. The molecular formula is C35H38ClN3O5S. The lowest BCUT2D eigenvalue weighted by atomic mass is 10.0. The van der Waals surface area contributed by atoms with Crippen LogP contribution in [0.15, 0.2) is 114 Å². The molecule has 0 fully saturated rings. The third-order valence-electron chi connectivity index (χ3n) is 7.13. The Kier molecular flexibility index (Phi) is 12.0. The molecule has 0 aliphatic rings. The monoisotopic (exact) mass is 647 g/mol. The van der Waals surface area contributed by atoms with Gasteiger partial charge in [0.15, 0.2) is 0 Å². The summed E-state index contributed by atoms with van der Waals surface area (Å²) in [6.45, 7) is 4.22. The van der Waals surface area contributed by atoms with Crippen molar-refractivity contribution in [1.82, 2.24) is 10.2 Å². The van der Waals surface area contributed by atoms with E-state index in [4.69, 9.17) is 16.3 Å². The van der Waals surface area contributed by atoms with Gasteiger partial charge in [-0.3, -0.25) is 13.9 Å². The van der Waals surface area contributed by atoms with Crippen molar-refractivity contribution in [2.75, 3.05) is 24.0 Å². The minimum absolute atomic E-state index is 0.00776. The summed E-state index contributed by atoms with van der Waals surface area (Å²) in [4.78, 5) is 29.6. The van der Waals surface area contributed by atoms with E-state index in [0.717, 1.165) is 21.9 Å². The van der Waals surface area contributed by atoms with Gasteiger partial charge in [0.1, 0.15) is 18.3 Å². The van der Waals surface area contributed by atoms with Crippen LogP contribution in [-0.2, 0) is 32.6 Å². The zero-order valence-corrected chi connectivity index (χ0v) is 27.0. The maximum atomic E-state index is 14.4. The molecule has 0 aliphatic heterocycles. The molecule has 0 saturated heterocycles. The predicted molar refractivity (Wildman–Crippen MR) is 178 cm³/mol. The van der Waals surface area contributed by atoms with Crippen LogP contribution in [0, 0.1) is 0 Å². The Bertz CT molecular complexity index is 1630. The Hall–Kier alpha value is -4.34. The third-order valence-corrected chi connectivity index (χ3v) is 9.17. The van der Waals surface area contributed by atoms with Gasteiger partial charge < -0.3 is 15.0 Å². The number of nitrogens with one attached hydrogen (secondary N) is 1. The second-order valence-corrected chi connectivity index (χ2v) is 12.7. The van der Waals surface area contributed by atoms with Crippen LogP contribution in [-0.4, -0.2) is 50.9 Å². The highest BCUT2D eigenvalue weighted by Crippen LogP contribution is 2.26. The summed E-state index contributed by atoms with van der Waals surface area (Å²) in [5, 5.41) is 3.48. The number of benzene rings is 4. The molecule has 0 bridgehead atoms. The number of rotatable bonds is 15. The SMILES string of the molecule is CCCNC(=O)[C@H](Cc1ccccc1)N(Cc1ccc(Cl)cc1)C(=O)CN(c1ccccc1)S(=O)(=O)c1ccc(OCC)cc1. The van der Waals surface area contributed by atoms with Crippen LogP contribution >= 0.6 is 11.6 Å². The topological polar surface area (TPSA) is 96.0 Å². The van der Waals surface area contributed by atoms with Crippen LogP contribution in [0.1, 0.15) is 31.4 Å². The van der Waals surface area contributed by atoms with Gasteiger partial charge >= 0.3 is 0 Å². The molecule has 4 aromatic carbocycles. The summed E-state index contributed by atoms with van der Waals surface area (Å²) >= 11 is 6.13. The lowest BCUT2D eigenvalue weighted by molar-refractivity contribution is -0.140. The highest BCUT2D eigenvalue weighted by atomic mass is 35.5. The zero-order valence-electron chi connectivity index (χ0n) is 25.4. The van der Waals surface area contributed by atoms with E-state index in [1.165, 1.54) is 17.0 Å². The van der Waals surface area contributed by atoms with Crippen LogP contribution in [0.2, 0.25) is 5.02 Å². The van der Waals surface area contributed by atoms with Gasteiger partial charge in [-0.1, -0.05) is 79.2 Å².